The van der Waals surface area contributed by atoms with Gasteiger partial charge in [0.25, 0.3) is 0 Å². The fraction of sp³-hybridized carbons (Fsp3) is 0.800. The molecular weight excluding hydrogens is 198 g/mol. The first kappa shape index (κ1) is 12.0. The molecule has 1 heterocycles. The standard InChI is InChI=1S/C10H17NO4/c1-3-11(5-9(12)13)10(14)8-4-7(2)15-6-8/h7-8H,3-6H2,1-2H3,(H,12,13). The average molecular weight is 215 g/mol. The van der Waals surface area contributed by atoms with Gasteiger partial charge >= 0.3 is 5.97 Å². The van der Waals surface area contributed by atoms with Crippen LogP contribution in [0.15, 0.2) is 0 Å². The molecule has 1 saturated heterocycles. The second kappa shape index (κ2) is 5.11. The first-order valence-corrected chi connectivity index (χ1v) is 5.16. The van der Waals surface area contributed by atoms with Crippen molar-refractivity contribution in [2.75, 3.05) is 19.7 Å². The van der Waals surface area contributed by atoms with Gasteiger partial charge in [-0.25, -0.2) is 0 Å². The molecule has 5 nitrogen and oxygen atoms in total. The van der Waals surface area contributed by atoms with Crippen molar-refractivity contribution in [1.82, 2.24) is 4.90 Å². The predicted octanol–water partition coefficient (Wildman–Crippen LogP) is 0.345. The normalized spacial score (nSPS) is 25.2. The van der Waals surface area contributed by atoms with Crippen LogP contribution in [-0.4, -0.2) is 47.7 Å². The molecule has 1 amide bonds. The van der Waals surface area contributed by atoms with Crippen LogP contribution in [0, 0.1) is 5.92 Å². The summed E-state index contributed by atoms with van der Waals surface area (Å²) in [4.78, 5) is 23.7. The quantitative estimate of drug-likeness (QED) is 0.734. The fourth-order valence-corrected chi connectivity index (χ4v) is 1.76. The minimum atomic E-state index is -0.975. The third-order valence-electron chi connectivity index (χ3n) is 2.57. The van der Waals surface area contributed by atoms with Crippen LogP contribution >= 0.6 is 0 Å². The van der Waals surface area contributed by atoms with E-state index in [0.717, 1.165) is 0 Å². The molecule has 0 aromatic heterocycles. The van der Waals surface area contributed by atoms with Crippen molar-refractivity contribution >= 4 is 11.9 Å². The van der Waals surface area contributed by atoms with E-state index in [1.165, 1.54) is 4.90 Å². The van der Waals surface area contributed by atoms with Crippen molar-refractivity contribution in [1.29, 1.82) is 0 Å². The van der Waals surface area contributed by atoms with E-state index in [4.69, 9.17) is 9.84 Å². The van der Waals surface area contributed by atoms with Crippen LogP contribution in [0.5, 0.6) is 0 Å². The van der Waals surface area contributed by atoms with Crippen molar-refractivity contribution in [3.8, 4) is 0 Å². The van der Waals surface area contributed by atoms with E-state index in [1.807, 2.05) is 6.92 Å². The van der Waals surface area contributed by atoms with Crippen LogP contribution in [-0.2, 0) is 14.3 Å². The highest BCUT2D eigenvalue weighted by atomic mass is 16.5. The van der Waals surface area contributed by atoms with E-state index in [9.17, 15) is 9.59 Å². The molecule has 0 bridgehead atoms. The van der Waals surface area contributed by atoms with Gasteiger partial charge in [-0.05, 0) is 20.3 Å². The number of likely N-dealkylation sites (N-methyl/N-ethyl adjacent to an activating group) is 1. The zero-order valence-corrected chi connectivity index (χ0v) is 9.10. The van der Waals surface area contributed by atoms with Crippen LogP contribution < -0.4 is 0 Å². The lowest BCUT2D eigenvalue weighted by molar-refractivity contribution is -0.146. The Kier molecular flexibility index (Phi) is 4.08. The monoisotopic (exact) mass is 215 g/mol. The van der Waals surface area contributed by atoms with E-state index < -0.39 is 5.97 Å². The third kappa shape index (κ3) is 3.20. The lowest BCUT2D eigenvalue weighted by Gasteiger charge is -2.21. The maximum Gasteiger partial charge on any atom is 0.323 e. The van der Waals surface area contributed by atoms with Gasteiger partial charge in [0.2, 0.25) is 5.91 Å². The van der Waals surface area contributed by atoms with Crippen LogP contribution in [0.3, 0.4) is 0 Å². The largest absolute Gasteiger partial charge is 0.480 e. The van der Waals surface area contributed by atoms with E-state index in [1.54, 1.807) is 6.92 Å². The Labute approximate surface area is 89.0 Å². The summed E-state index contributed by atoms with van der Waals surface area (Å²) >= 11 is 0. The molecule has 1 N–H and O–H groups in total. The SMILES string of the molecule is CCN(CC(=O)O)C(=O)C1COC(C)C1. The zero-order valence-electron chi connectivity index (χ0n) is 9.10. The van der Waals surface area contributed by atoms with Gasteiger partial charge in [0.05, 0.1) is 18.6 Å². The molecule has 1 aliphatic rings. The van der Waals surface area contributed by atoms with Gasteiger partial charge in [0, 0.05) is 6.54 Å². The highest BCUT2D eigenvalue weighted by Gasteiger charge is 2.31. The molecule has 1 fully saturated rings. The van der Waals surface area contributed by atoms with Gasteiger partial charge in [-0.1, -0.05) is 0 Å². The van der Waals surface area contributed by atoms with Crippen molar-refractivity contribution in [2.45, 2.75) is 26.4 Å². The van der Waals surface area contributed by atoms with E-state index in [0.29, 0.717) is 19.6 Å². The molecule has 0 aromatic rings. The Morgan fingerprint density at radius 3 is 2.60 bits per heavy atom. The summed E-state index contributed by atoms with van der Waals surface area (Å²) in [7, 11) is 0. The predicted molar refractivity (Wildman–Crippen MR) is 53.4 cm³/mol. The fourth-order valence-electron chi connectivity index (χ4n) is 1.76. The molecule has 0 spiro atoms. The number of hydrogen-bond donors (Lipinski definition) is 1. The molecule has 1 rings (SSSR count). The molecule has 2 atom stereocenters. The second-order valence-corrected chi connectivity index (χ2v) is 3.82. The summed E-state index contributed by atoms with van der Waals surface area (Å²) in [5, 5.41) is 8.63. The summed E-state index contributed by atoms with van der Waals surface area (Å²) < 4.78 is 5.29. The molecule has 15 heavy (non-hydrogen) atoms. The second-order valence-electron chi connectivity index (χ2n) is 3.82. The molecule has 0 aromatic carbocycles. The molecule has 0 saturated carbocycles. The van der Waals surface area contributed by atoms with Gasteiger partial charge in [-0.3, -0.25) is 9.59 Å². The van der Waals surface area contributed by atoms with Crippen LogP contribution in [0.2, 0.25) is 0 Å². The highest BCUT2D eigenvalue weighted by Crippen LogP contribution is 2.21. The molecule has 5 heteroatoms. The Hall–Kier alpha value is -1.10. The lowest BCUT2D eigenvalue weighted by Crippen LogP contribution is -2.39. The minimum Gasteiger partial charge on any atom is -0.480 e. The number of carbonyl (C=O) groups excluding carboxylic acids is 1. The zero-order chi connectivity index (χ0) is 11.4. The summed E-state index contributed by atoms with van der Waals surface area (Å²) in [6.45, 7) is 4.31. The molecule has 1 aliphatic heterocycles. The minimum absolute atomic E-state index is 0.0995. The highest BCUT2D eigenvalue weighted by molar-refractivity contribution is 5.83. The van der Waals surface area contributed by atoms with Crippen molar-refractivity contribution in [3.63, 3.8) is 0 Å². The van der Waals surface area contributed by atoms with Crippen molar-refractivity contribution in [2.24, 2.45) is 5.92 Å². The summed E-state index contributed by atoms with van der Waals surface area (Å²) in [6.07, 6.45) is 0.789. The number of hydrogen-bond acceptors (Lipinski definition) is 3. The van der Waals surface area contributed by atoms with Gasteiger partial charge in [0.15, 0.2) is 0 Å². The van der Waals surface area contributed by atoms with E-state index in [2.05, 4.69) is 0 Å². The number of amides is 1. The maximum absolute atomic E-state index is 11.8. The molecule has 0 radical (unpaired) electrons. The van der Waals surface area contributed by atoms with Gasteiger partial charge in [0.1, 0.15) is 6.54 Å². The average Bonchev–Trinajstić information content (AvgIpc) is 2.60. The number of nitrogens with zero attached hydrogens (tertiary/aromatic N) is 1. The lowest BCUT2D eigenvalue weighted by atomic mass is 10.0. The number of carbonyl (C=O) groups is 2. The van der Waals surface area contributed by atoms with Crippen LogP contribution in [0.25, 0.3) is 0 Å². The summed E-state index contributed by atoms with van der Waals surface area (Å²) in [5.41, 5.74) is 0. The Bertz CT molecular complexity index is 254. The number of ether oxygens (including phenoxy) is 1. The van der Waals surface area contributed by atoms with Gasteiger partial charge in [-0.2, -0.15) is 0 Å². The maximum atomic E-state index is 11.8. The van der Waals surface area contributed by atoms with Crippen molar-refractivity contribution < 1.29 is 19.4 Å². The van der Waals surface area contributed by atoms with E-state index in [-0.39, 0.29) is 24.5 Å². The van der Waals surface area contributed by atoms with Crippen LogP contribution in [0.1, 0.15) is 20.3 Å². The van der Waals surface area contributed by atoms with Crippen LogP contribution in [0.4, 0.5) is 0 Å². The first-order valence-electron chi connectivity index (χ1n) is 5.16. The number of rotatable bonds is 4. The van der Waals surface area contributed by atoms with Gasteiger partial charge < -0.3 is 14.7 Å². The molecule has 2 unspecified atom stereocenters. The Morgan fingerprint density at radius 2 is 2.20 bits per heavy atom. The molecular formula is C10H17NO4. The molecule has 86 valence electrons. The topological polar surface area (TPSA) is 66.8 Å². The van der Waals surface area contributed by atoms with Gasteiger partial charge in [-0.15, -0.1) is 0 Å². The smallest absolute Gasteiger partial charge is 0.323 e. The van der Waals surface area contributed by atoms with E-state index >= 15 is 0 Å². The summed E-state index contributed by atoms with van der Waals surface area (Å²) in [6, 6.07) is 0. The molecule has 0 aliphatic carbocycles. The first-order chi connectivity index (χ1) is 7.04. The number of aliphatic carboxylic acids is 1. The number of carboxylic acids is 1. The Balaban J connectivity index is 2.53. The van der Waals surface area contributed by atoms with Crippen molar-refractivity contribution in [3.05, 3.63) is 0 Å². The summed E-state index contributed by atoms with van der Waals surface area (Å²) in [5.74, 6) is -1.25. The Morgan fingerprint density at radius 1 is 1.53 bits per heavy atom. The third-order valence-corrected chi connectivity index (χ3v) is 2.57. The number of carboxylic acid groups (broad SMARTS) is 1.